The van der Waals surface area contributed by atoms with Gasteiger partial charge in [-0.3, -0.25) is 14.4 Å². The third-order valence-electron chi connectivity index (χ3n) is 5.91. The first-order chi connectivity index (χ1) is 19.7. The number of nitrogens with one attached hydrogen (secondary N) is 3. The minimum atomic E-state index is -0.870. The number of phenols is 1. The van der Waals surface area contributed by atoms with Gasteiger partial charge >= 0.3 is 16.8 Å². The van der Waals surface area contributed by atoms with E-state index in [1.165, 1.54) is 11.6 Å². The van der Waals surface area contributed by atoms with Crippen LogP contribution in [0.3, 0.4) is 0 Å². The van der Waals surface area contributed by atoms with Crippen LogP contribution in [0.15, 0.2) is 41.2 Å². The molecule has 0 spiro atoms. The van der Waals surface area contributed by atoms with Gasteiger partial charge in [0.05, 0.1) is 10.8 Å². The number of unbranched alkanes of at least 4 members (excludes halogenated alkanes) is 1. The molecule has 0 saturated heterocycles. The van der Waals surface area contributed by atoms with Crippen LogP contribution in [-0.4, -0.2) is 75.0 Å². The van der Waals surface area contributed by atoms with Gasteiger partial charge in [0.2, 0.25) is 0 Å². The molecule has 0 bridgehead atoms. The number of H-pyrrole nitrogens is 1. The maximum Gasteiger partial charge on any atom is 0.305 e. The highest BCUT2D eigenvalue weighted by Crippen LogP contribution is 2.31. The van der Waals surface area contributed by atoms with Crippen molar-refractivity contribution in [3.63, 3.8) is 0 Å². The molecule has 7 N–H and O–H groups in total. The van der Waals surface area contributed by atoms with Gasteiger partial charge in [0.15, 0.2) is 0 Å². The van der Waals surface area contributed by atoms with Crippen LogP contribution in [0.5, 0.6) is 5.75 Å². The van der Waals surface area contributed by atoms with Gasteiger partial charge in [-0.1, -0.05) is 47.2 Å². The molecule has 1 heterocycles. The van der Waals surface area contributed by atoms with Gasteiger partial charge in [0.25, 0.3) is 0 Å². The summed E-state index contributed by atoms with van der Waals surface area (Å²) < 4.78 is 0.607. The summed E-state index contributed by atoms with van der Waals surface area (Å²) >= 11 is 9.04. The van der Waals surface area contributed by atoms with Gasteiger partial charge in [-0.25, -0.2) is 0 Å². The monoisotopic (exact) mass is 627 g/mol. The fourth-order valence-electron chi connectivity index (χ4n) is 3.80. The molecule has 1 aromatic heterocycles. The molecule has 10 nitrogen and oxygen atoms in total. The summed E-state index contributed by atoms with van der Waals surface area (Å²) in [6, 6.07) is 11.1. The quantitative estimate of drug-likeness (QED) is 0.101. The summed E-state index contributed by atoms with van der Waals surface area (Å²) in [5.74, 6) is 0.330. The van der Waals surface area contributed by atoms with Crippen LogP contribution in [0.25, 0.3) is 10.2 Å². The highest BCUT2D eigenvalue weighted by molar-refractivity contribution is 7.99. The molecule has 0 amide bonds. The number of carboxylic acid groups (broad SMARTS) is 2. The Labute approximate surface area is 252 Å². The number of benzene rings is 2. The van der Waals surface area contributed by atoms with E-state index in [4.69, 9.17) is 21.8 Å². The second-order valence-corrected chi connectivity index (χ2v) is 11.8. The van der Waals surface area contributed by atoms with Gasteiger partial charge < -0.3 is 36.0 Å². The third kappa shape index (κ3) is 13.7. The zero-order valence-electron chi connectivity index (χ0n) is 22.7. The van der Waals surface area contributed by atoms with E-state index in [1.54, 1.807) is 6.07 Å². The fourth-order valence-corrected chi connectivity index (χ4v) is 5.79. The maximum atomic E-state index is 11.6. The number of hydrogen-bond donors (Lipinski definition) is 7. The van der Waals surface area contributed by atoms with Crippen molar-refractivity contribution in [1.82, 2.24) is 15.6 Å². The van der Waals surface area contributed by atoms with Crippen LogP contribution in [-0.2, 0) is 16.0 Å². The van der Waals surface area contributed by atoms with Crippen LogP contribution >= 0.6 is 34.7 Å². The zero-order chi connectivity index (χ0) is 30.0. The Balaban J connectivity index is 0.000000503. The minimum absolute atomic E-state index is 0.0204. The van der Waals surface area contributed by atoms with Crippen molar-refractivity contribution < 1.29 is 30.0 Å². The summed E-state index contributed by atoms with van der Waals surface area (Å²) in [5, 5.41) is 44.1. The average molecular weight is 628 g/mol. The van der Waals surface area contributed by atoms with Crippen LogP contribution in [0.1, 0.15) is 49.3 Å². The number of aliphatic carboxylic acids is 2. The number of carbonyl (C=O) groups is 2. The van der Waals surface area contributed by atoms with Crippen LogP contribution in [0, 0.1) is 0 Å². The summed E-state index contributed by atoms with van der Waals surface area (Å²) in [5.41, 5.74) is 2.22. The number of aromatic nitrogens is 1. The lowest BCUT2D eigenvalue weighted by atomic mass is 10.1. The van der Waals surface area contributed by atoms with Crippen molar-refractivity contribution in [2.75, 3.05) is 37.7 Å². The van der Waals surface area contributed by atoms with E-state index in [0.29, 0.717) is 35.2 Å². The van der Waals surface area contributed by atoms with Gasteiger partial charge in [-0.05, 0) is 62.2 Å². The number of hydrogen-bond acceptors (Lipinski definition) is 9. The maximum absolute atomic E-state index is 11.6. The lowest BCUT2D eigenvalue weighted by Crippen LogP contribution is -2.24. The van der Waals surface area contributed by atoms with E-state index in [1.807, 2.05) is 30.0 Å². The number of aliphatic hydroxyl groups excluding tert-OH is 1. The van der Waals surface area contributed by atoms with Crippen molar-refractivity contribution in [1.29, 1.82) is 0 Å². The molecule has 1 atom stereocenters. The van der Waals surface area contributed by atoms with E-state index < -0.39 is 18.0 Å². The molecule has 0 aliphatic rings. The number of rotatable bonds is 18. The van der Waals surface area contributed by atoms with Crippen molar-refractivity contribution in [2.24, 2.45) is 0 Å². The number of fused-ring (bicyclic) bond motifs is 1. The Bertz CT molecular complexity index is 1270. The molecule has 0 aliphatic heterocycles. The predicted octanol–water partition coefficient (Wildman–Crippen LogP) is 4.24. The van der Waals surface area contributed by atoms with Crippen LogP contribution in [0.4, 0.5) is 0 Å². The standard InChI is InChI=1S/C22H28ClN3O3S2.C6H10O4/c23-17-5-2-1-4-15(17)8-10-24-9-3-12-30-13-11-25-14-19(28)16-6-7-18(27)20-21(16)31-22(29)26-20;7-5(8)3-1-2-4-6(9)10/h1-2,4-7,19,24-25,27-28H,3,8-14H2,(H,26,29);1-4H2,(H,7,8)(H,9,10)/t19-;/m0./s1. The van der Waals surface area contributed by atoms with E-state index in [0.717, 1.165) is 60.3 Å². The molecule has 3 rings (SSSR count). The van der Waals surface area contributed by atoms with Crippen molar-refractivity contribution in [2.45, 2.75) is 44.6 Å². The Kier molecular flexibility index (Phi) is 16.5. The molecule has 226 valence electrons. The number of thiazole rings is 1. The molecule has 3 aromatic rings. The molecule has 0 aliphatic carbocycles. The Morgan fingerprint density at radius 2 is 1.66 bits per heavy atom. The lowest BCUT2D eigenvalue weighted by Gasteiger charge is -2.13. The number of thioether (sulfide) groups is 1. The second-order valence-electron chi connectivity index (χ2n) is 9.16. The summed E-state index contributed by atoms with van der Waals surface area (Å²) in [6.07, 6.45) is 2.32. The molecular weight excluding hydrogens is 590 g/mol. The van der Waals surface area contributed by atoms with E-state index in [2.05, 4.69) is 21.7 Å². The highest BCUT2D eigenvalue weighted by atomic mass is 35.5. The van der Waals surface area contributed by atoms with Crippen LogP contribution in [0.2, 0.25) is 5.02 Å². The average Bonchev–Trinajstić information content (AvgIpc) is 3.33. The van der Waals surface area contributed by atoms with E-state index in [9.17, 15) is 24.6 Å². The second kappa shape index (κ2) is 19.5. The molecule has 0 radical (unpaired) electrons. The fraction of sp³-hybridized carbons (Fsp3) is 0.464. The number of aromatic amines is 1. The molecule has 0 saturated carbocycles. The Morgan fingerprint density at radius 3 is 2.34 bits per heavy atom. The first-order valence-electron chi connectivity index (χ1n) is 13.4. The SMILES string of the molecule is O=C(O)CCCCC(=O)O.O=c1[nH]c2c(O)ccc([C@@H](O)CNCCSCCCNCCc3ccccc3Cl)c2s1. The molecule has 41 heavy (non-hydrogen) atoms. The summed E-state index contributed by atoms with van der Waals surface area (Å²) in [7, 11) is 0. The largest absolute Gasteiger partial charge is 0.506 e. The summed E-state index contributed by atoms with van der Waals surface area (Å²) in [6.45, 7) is 3.11. The Hall–Kier alpha value is -2.61. The molecule has 0 unspecified atom stereocenters. The third-order valence-corrected chi connectivity index (χ3v) is 8.28. The van der Waals surface area contributed by atoms with Gasteiger partial charge in [-0.15, -0.1) is 0 Å². The first kappa shape index (κ1) is 34.6. The molecular formula is C28H38ClN3O7S2. The highest BCUT2D eigenvalue weighted by Gasteiger charge is 2.15. The molecule has 13 heteroatoms. The molecule has 0 fully saturated rings. The lowest BCUT2D eigenvalue weighted by molar-refractivity contribution is -0.139. The van der Waals surface area contributed by atoms with Gasteiger partial charge in [0, 0.05) is 42.3 Å². The normalized spacial score (nSPS) is 11.7. The molecule has 2 aromatic carbocycles. The van der Waals surface area contributed by atoms with Crippen molar-refractivity contribution >= 4 is 56.9 Å². The predicted molar refractivity (Wildman–Crippen MR) is 166 cm³/mol. The zero-order valence-corrected chi connectivity index (χ0v) is 25.1. The van der Waals surface area contributed by atoms with E-state index in [-0.39, 0.29) is 23.5 Å². The Morgan fingerprint density at radius 1 is 0.951 bits per heavy atom. The number of phenolic OH excluding ortho intramolecular Hbond substituents is 1. The number of halogens is 1. The van der Waals surface area contributed by atoms with Crippen molar-refractivity contribution in [3.05, 3.63) is 62.2 Å². The minimum Gasteiger partial charge on any atom is -0.506 e. The van der Waals surface area contributed by atoms with E-state index >= 15 is 0 Å². The summed E-state index contributed by atoms with van der Waals surface area (Å²) in [4.78, 5) is 33.7. The number of aliphatic hydroxyl groups is 1. The van der Waals surface area contributed by atoms with Crippen LogP contribution < -0.4 is 15.5 Å². The first-order valence-corrected chi connectivity index (χ1v) is 15.7. The van der Waals surface area contributed by atoms with Crippen molar-refractivity contribution in [3.8, 4) is 5.75 Å². The topological polar surface area (TPSA) is 172 Å². The number of carboxylic acids is 2. The smallest absolute Gasteiger partial charge is 0.305 e. The van der Waals surface area contributed by atoms with Gasteiger partial charge in [0.1, 0.15) is 11.3 Å². The van der Waals surface area contributed by atoms with Gasteiger partial charge in [-0.2, -0.15) is 11.8 Å². The number of aromatic hydroxyl groups is 1.